The minimum absolute atomic E-state index is 0.0824. The Bertz CT molecular complexity index is 1230. The van der Waals surface area contributed by atoms with Crippen molar-refractivity contribution in [3.63, 3.8) is 0 Å². The molecule has 0 amide bonds. The standard InChI is InChI=1S/C23H17NO3/c1-26-17-11-12-18-15(13-17)14-27-22-19-9-5-6-10-20(19)24(23(25)21(18)22)16-7-3-2-4-8-16/h2-13H,14H2,1H3. The third-order valence-corrected chi connectivity index (χ3v) is 5.00. The highest BCUT2D eigenvalue weighted by atomic mass is 16.5. The number of nitrogens with zero attached hydrogens (tertiary/aromatic N) is 1. The molecule has 0 spiro atoms. The van der Waals surface area contributed by atoms with Gasteiger partial charge in [0, 0.05) is 16.6 Å². The van der Waals surface area contributed by atoms with E-state index >= 15 is 0 Å². The van der Waals surface area contributed by atoms with Crippen molar-refractivity contribution >= 4 is 10.9 Å². The number of hydrogen-bond donors (Lipinski definition) is 0. The molecule has 1 aliphatic rings. The summed E-state index contributed by atoms with van der Waals surface area (Å²) in [6.45, 7) is 0.415. The highest BCUT2D eigenvalue weighted by molar-refractivity contribution is 5.94. The average Bonchev–Trinajstić information content (AvgIpc) is 2.73. The maximum atomic E-state index is 13.6. The zero-order valence-corrected chi connectivity index (χ0v) is 14.8. The second kappa shape index (κ2) is 6.02. The lowest BCUT2D eigenvalue weighted by Crippen LogP contribution is -2.24. The van der Waals surface area contributed by atoms with E-state index in [-0.39, 0.29) is 5.56 Å². The molecule has 0 N–H and O–H groups in total. The summed E-state index contributed by atoms with van der Waals surface area (Å²) in [6.07, 6.45) is 0. The first-order valence-electron chi connectivity index (χ1n) is 8.81. The monoisotopic (exact) mass is 355 g/mol. The Balaban J connectivity index is 1.91. The molecule has 0 unspecified atom stereocenters. The van der Waals surface area contributed by atoms with Crippen molar-refractivity contribution in [2.75, 3.05) is 7.11 Å². The van der Waals surface area contributed by atoms with Gasteiger partial charge in [-0.3, -0.25) is 9.36 Å². The molecule has 0 atom stereocenters. The molecule has 0 saturated carbocycles. The fourth-order valence-electron chi connectivity index (χ4n) is 3.74. The molecule has 3 aromatic carbocycles. The number of pyridine rings is 1. The molecule has 4 heteroatoms. The molecule has 132 valence electrons. The lowest BCUT2D eigenvalue weighted by atomic mass is 9.95. The van der Waals surface area contributed by atoms with Crippen LogP contribution in [0.25, 0.3) is 27.7 Å². The molecule has 0 radical (unpaired) electrons. The lowest BCUT2D eigenvalue weighted by Gasteiger charge is -2.24. The van der Waals surface area contributed by atoms with Crippen LogP contribution in [-0.4, -0.2) is 11.7 Å². The van der Waals surface area contributed by atoms with Crippen LogP contribution < -0.4 is 15.0 Å². The minimum Gasteiger partial charge on any atom is -0.497 e. The normalized spacial score (nSPS) is 12.2. The van der Waals surface area contributed by atoms with Gasteiger partial charge in [0.05, 0.1) is 18.2 Å². The molecule has 5 rings (SSSR count). The van der Waals surface area contributed by atoms with Gasteiger partial charge in [-0.1, -0.05) is 30.3 Å². The molecule has 1 aliphatic heterocycles. The van der Waals surface area contributed by atoms with Gasteiger partial charge in [0.1, 0.15) is 18.1 Å². The maximum Gasteiger partial charge on any atom is 0.267 e. The summed E-state index contributed by atoms with van der Waals surface area (Å²) in [4.78, 5) is 13.6. The molecule has 0 aliphatic carbocycles. The van der Waals surface area contributed by atoms with E-state index in [1.54, 1.807) is 11.7 Å². The van der Waals surface area contributed by atoms with Crippen molar-refractivity contribution in [3.8, 4) is 28.3 Å². The van der Waals surface area contributed by atoms with Gasteiger partial charge in [0.25, 0.3) is 5.56 Å². The number of methoxy groups -OCH3 is 1. The number of fused-ring (bicyclic) bond motifs is 5. The number of aromatic nitrogens is 1. The number of hydrogen-bond acceptors (Lipinski definition) is 3. The topological polar surface area (TPSA) is 40.5 Å². The van der Waals surface area contributed by atoms with Crippen molar-refractivity contribution in [2.24, 2.45) is 0 Å². The second-order valence-corrected chi connectivity index (χ2v) is 6.51. The van der Waals surface area contributed by atoms with Gasteiger partial charge in [-0.05, 0) is 48.0 Å². The van der Waals surface area contributed by atoms with Gasteiger partial charge in [-0.2, -0.15) is 0 Å². The van der Waals surface area contributed by atoms with Crippen molar-refractivity contribution in [1.29, 1.82) is 0 Å². The Morgan fingerprint density at radius 2 is 1.74 bits per heavy atom. The van der Waals surface area contributed by atoms with Crippen LogP contribution in [0.15, 0.2) is 77.6 Å². The van der Waals surface area contributed by atoms with Gasteiger partial charge in [-0.25, -0.2) is 0 Å². The van der Waals surface area contributed by atoms with Gasteiger partial charge < -0.3 is 9.47 Å². The molecule has 2 heterocycles. The van der Waals surface area contributed by atoms with Crippen LogP contribution in [0, 0.1) is 0 Å². The fraction of sp³-hybridized carbons (Fsp3) is 0.0870. The highest BCUT2D eigenvalue weighted by Gasteiger charge is 2.26. The van der Waals surface area contributed by atoms with Crippen LogP contribution in [-0.2, 0) is 6.61 Å². The molecule has 27 heavy (non-hydrogen) atoms. The van der Waals surface area contributed by atoms with E-state index in [0.29, 0.717) is 17.9 Å². The number of benzene rings is 3. The summed E-state index contributed by atoms with van der Waals surface area (Å²) < 4.78 is 13.1. The van der Waals surface area contributed by atoms with Gasteiger partial charge in [0.2, 0.25) is 0 Å². The van der Waals surface area contributed by atoms with Crippen molar-refractivity contribution in [1.82, 2.24) is 4.57 Å². The van der Waals surface area contributed by atoms with E-state index in [1.807, 2.05) is 72.8 Å². The zero-order chi connectivity index (χ0) is 18.4. The van der Waals surface area contributed by atoms with Crippen LogP contribution in [0.5, 0.6) is 11.5 Å². The van der Waals surface area contributed by atoms with Crippen LogP contribution in [0.3, 0.4) is 0 Å². The van der Waals surface area contributed by atoms with Gasteiger partial charge in [-0.15, -0.1) is 0 Å². The van der Waals surface area contributed by atoms with Crippen molar-refractivity contribution in [3.05, 3.63) is 88.7 Å². The number of ether oxygens (including phenoxy) is 2. The second-order valence-electron chi connectivity index (χ2n) is 6.51. The molecule has 0 bridgehead atoms. The smallest absolute Gasteiger partial charge is 0.267 e. The largest absolute Gasteiger partial charge is 0.497 e. The van der Waals surface area contributed by atoms with E-state index in [1.165, 1.54) is 0 Å². The molecule has 0 saturated heterocycles. The van der Waals surface area contributed by atoms with Crippen molar-refractivity contribution in [2.45, 2.75) is 6.61 Å². The number of para-hydroxylation sites is 2. The van der Waals surface area contributed by atoms with E-state index in [9.17, 15) is 4.79 Å². The molecule has 1 aromatic heterocycles. The van der Waals surface area contributed by atoms with E-state index in [4.69, 9.17) is 9.47 Å². The van der Waals surface area contributed by atoms with Crippen LogP contribution in [0.1, 0.15) is 5.56 Å². The molecule has 4 nitrogen and oxygen atoms in total. The third-order valence-electron chi connectivity index (χ3n) is 5.00. The summed E-state index contributed by atoms with van der Waals surface area (Å²) in [7, 11) is 1.63. The lowest BCUT2D eigenvalue weighted by molar-refractivity contribution is 0.304. The summed E-state index contributed by atoms with van der Waals surface area (Å²) in [5.74, 6) is 1.41. The quantitative estimate of drug-likeness (QED) is 0.529. The third kappa shape index (κ3) is 2.34. The van der Waals surface area contributed by atoms with E-state index in [2.05, 4.69) is 0 Å². The summed E-state index contributed by atoms with van der Waals surface area (Å²) in [5.41, 5.74) is 4.04. The Morgan fingerprint density at radius 3 is 2.56 bits per heavy atom. The summed E-state index contributed by atoms with van der Waals surface area (Å²) in [5, 5.41) is 0.928. The predicted molar refractivity (Wildman–Crippen MR) is 106 cm³/mol. The Morgan fingerprint density at radius 1 is 0.963 bits per heavy atom. The minimum atomic E-state index is -0.0824. The Hall–Kier alpha value is -3.53. The first-order valence-corrected chi connectivity index (χ1v) is 8.81. The zero-order valence-electron chi connectivity index (χ0n) is 14.8. The van der Waals surface area contributed by atoms with Crippen LogP contribution in [0.4, 0.5) is 0 Å². The van der Waals surface area contributed by atoms with E-state index in [0.717, 1.165) is 33.5 Å². The maximum absolute atomic E-state index is 13.6. The first kappa shape index (κ1) is 15.7. The summed E-state index contributed by atoms with van der Waals surface area (Å²) >= 11 is 0. The summed E-state index contributed by atoms with van der Waals surface area (Å²) in [6, 6.07) is 23.3. The molecule has 0 fully saturated rings. The first-order chi connectivity index (χ1) is 13.3. The van der Waals surface area contributed by atoms with Gasteiger partial charge in [0.15, 0.2) is 0 Å². The molecule has 4 aromatic rings. The number of rotatable bonds is 2. The fourth-order valence-corrected chi connectivity index (χ4v) is 3.74. The van der Waals surface area contributed by atoms with Crippen molar-refractivity contribution < 1.29 is 9.47 Å². The predicted octanol–water partition coefficient (Wildman–Crippen LogP) is 4.56. The Labute approximate surface area is 156 Å². The molecular weight excluding hydrogens is 338 g/mol. The van der Waals surface area contributed by atoms with Crippen LogP contribution >= 0.6 is 0 Å². The van der Waals surface area contributed by atoms with E-state index < -0.39 is 0 Å². The SMILES string of the molecule is COc1ccc2c(c1)COc1c-2c(=O)n(-c2ccccc2)c2ccccc12. The van der Waals surface area contributed by atoms with Gasteiger partial charge >= 0.3 is 0 Å². The molecular formula is C23H17NO3. The Kier molecular flexibility index (Phi) is 3.50. The highest BCUT2D eigenvalue weighted by Crippen LogP contribution is 2.41. The average molecular weight is 355 g/mol. The van der Waals surface area contributed by atoms with Crippen LogP contribution in [0.2, 0.25) is 0 Å².